The lowest BCUT2D eigenvalue weighted by Gasteiger charge is -2.34. The Hall–Kier alpha value is -0.970. The molecule has 0 aromatic rings. The molecule has 0 aliphatic carbocycles. The number of carbonyl (C=O) groups excluding carboxylic acids is 2. The third kappa shape index (κ3) is 4.77. The first-order chi connectivity index (χ1) is 10.3. The van der Waals surface area contributed by atoms with Crippen LogP contribution in [0.5, 0.6) is 0 Å². The highest BCUT2D eigenvalue weighted by Gasteiger charge is 2.32. The molecule has 0 bridgehead atoms. The molecule has 2 heterocycles. The van der Waals surface area contributed by atoms with Crippen LogP contribution in [0.25, 0.3) is 0 Å². The third-order valence-corrected chi connectivity index (χ3v) is 4.69. The van der Waals surface area contributed by atoms with E-state index in [1.807, 2.05) is 25.7 Å². The molecule has 126 valence electrons. The SMILES string of the molecule is CC(C)(C)OC(=O)N1CCC(CN2CC(CCl)CC2=O)CC1. The molecule has 22 heavy (non-hydrogen) atoms. The summed E-state index contributed by atoms with van der Waals surface area (Å²) in [5, 5.41) is 0. The molecule has 2 saturated heterocycles. The Morgan fingerprint density at radius 1 is 1.27 bits per heavy atom. The number of hydrogen-bond acceptors (Lipinski definition) is 3. The van der Waals surface area contributed by atoms with Gasteiger partial charge in [-0.3, -0.25) is 4.79 Å². The maximum atomic E-state index is 12.0. The van der Waals surface area contributed by atoms with E-state index in [1.165, 1.54) is 0 Å². The van der Waals surface area contributed by atoms with Crippen LogP contribution < -0.4 is 0 Å². The standard InChI is InChI=1S/C16H27ClN2O3/c1-16(2,3)22-15(21)18-6-4-12(5-7-18)10-19-11-13(9-17)8-14(19)20/h12-13H,4-11H2,1-3H3. The fourth-order valence-corrected chi connectivity index (χ4v) is 3.28. The first-order valence-corrected chi connectivity index (χ1v) is 8.63. The van der Waals surface area contributed by atoms with Crippen LogP contribution in [0.1, 0.15) is 40.0 Å². The average Bonchev–Trinajstić information content (AvgIpc) is 2.78. The quantitative estimate of drug-likeness (QED) is 0.748. The number of hydrogen-bond donors (Lipinski definition) is 0. The summed E-state index contributed by atoms with van der Waals surface area (Å²) < 4.78 is 5.40. The van der Waals surface area contributed by atoms with Gasteiger partial charge in [0.25, 0.3) is 0 Å². The predicted octanol–water partition coefficient (Wildman–Crippen LogP) is 2.72. The Morgan fingerprint density at radius 2 is 1.91 bits per heavy atom. The van der Waals surface area contributed by atoms with Gasteiger partial charge in [-0.25, -0.2) is 4.79 Å². The summed E-state index contributed by atoms with van der Waals surface area (Å²) in [4.78, 5) is 27.7. The van der Waals surface area contributed by atoms with Crippen LogP contribution in [-0.2, 0) is 9.53 Å². The van der Waals surface area contributed by atoms with E-state index in [2.05, 4.69) is 0 Å². The number of likely N-dealkylation sites (tertiary alicyclic amines) is 2. The smallest absolute Gasteiger partial charge is 0.410 e. The largest absolute Gasteiger partial charge is 0.444 e. The molecule has 2 amide bonds. The van der Waals surface area contributed by atoms with Crippen molar-refractivity contribution in [2.24, 2.45) is 11.8 Å². The monoisotopic (exact) mass is 330 g/mol. The van der Waals surface area contributed by atoms with Crippen molar-refractivity contribution in [3.8, 4) is 0 Å². The average molecular weight is 331 g/mol. The van der Waals surface area contributed by atoms with Gasteiger partial charge in [-0.05, 0) is 45.4 Å². The molecule has 2 aliphatic rings. The molecule has 0 saturated carbocycles. The van der Waals surface area contributed by atoms with Crippen molar-refractivity contribution in [2.45, 2.75) is 45.6 Å². The first-order valence-electron chi connectivity index (χ1n) is 8.10. The molecule has 0 N–H and O–H groups in total. The van der Waals surface area contributed by atoms with Crippen molar-refractivity contribution in [3.63, 3.8) is 0 Å². The van der Waals surface area contributed by atoms with Gasteiger partial charge in [-0.1, -0.05) is 0 Å². The molecular formula is C16H27ClN2O3. The summed E-state index contributed by atoms with van der Waals surface area (Å²) in [5.74, 6) is 1.55. The summed E-state index contributed by atoms with van der Waals surface area (Å²) in [6.45, 7) is 8.64. The van der Waals surface area contributed by atoms with Crippen LogP contribution in [-0.4, -0.2) is 59.5 Å². The summed E-state index contributed by atoms with van der Waals surface area (Å²) in [6, 6.07) is 0. The lowest BCUT2D eigenvalue weighted by molar-refractivity contribution is -0.128. The molecule has 0 radical (unpaired) electrons. The maximum absolute atomic E-state index is 12.0. The van der Waals surface area contributed by atoms with Gasteiger partial charge in [0.15, 0.2) is 0 Å². The van der Waals surface area contributed by atoms with Gasteiger partial charge in [0.2, 0.25) is 5.91 Å². The minimum Gasteiger partial charge on any atom is -0.444 e. The third-order valence-electron chi connectivity index (χ3n) is 4.26. The summed E-state index contributed by atoms with van der Waals surface area (Å²) in [6.07, 6.45) is 2.20. The number of ether oxygens (including phenoxy) is 1. The fraction of sp³-hybridized carbons (Fsp3) is 0.875. The van der Waals surface area contributed by atoms with Crippen molar-refractivity contribution in [2.75, 3.05) is 32.1 Å². The minimum absolute atomic E-state index is 0.222. The number of halogens is 1. The number of nitrogens with zero attached hydrogens (tertiary/aromatic N) is 2. The van der Waals surface area contributed by atoms with E-state index in [0.29, 0.717) is 37.2 Å². The van der Waals surface area contributed by atoms with E-state index < -0.39 is 5.60 Å². The molecule has 5 nitrogen and oxygen atoms in total. The second-order valence-corrected chi connectivity index (χ2v) is 7.74. The molecule has 1 atom stereocenters. The Labute approximate surface area is 137 Å². The van der Waals surface area contributed by atoms with Gasteiger partial charge >= 0.3 is 6.09 Å². The number of amides is 2. The minimum atomic E-state index is -0.452. The second kappa shape index (κ2) is 7.07. The Bertz CT molecular complexity index is 414. The fourth-order valence-electron chi connectivity index (χ4n) is 3.07. The van der Waals surface area contributed by atoms with Crippen molar-refractivity contribution in [1.82, 2.24) is 9.80 Å². The number of piperidine rings is 1. The van der Waals surface area contributed by atoms with Crippen LogP contribution >= 0.6 is 11.6 Å². The zero-order valence-electron chi connectivity index (χ0n) is 13.8. The number of rotatable bonds is 3. The van der Waals surface area contributed by atoms with Crippen molar-refractivity contribution in [3.05, 3.63) is 0 Å². The summed E-state index contributed by atoms with van der Waals surface area (Å²) >= 11 is 5.85. The maximum Gasteiger partial charge on any atom is 0.410 e. The van der Waals surface area contributed by atoms with E-state index in [9.17, 15) is 9.59 Å². The van der Waals surface area contributed by atoms with Gasteiger partial charge in [0, 0.05) is 38.5 Å². The molecule has 0 aromatic carbocycles. The van der Waals surface area contributed by atoms with Crippen LogP contribution in [0.3, 0.4) is 0 Å². The zero-order chi connectivity index (χ0) is 16.3. The van der Waals surface area contributed by atoms with Gasteiger partial charge < -0.3 is 14.5 Å². The zero-order valence-corrected chi connectivity index (χ0v) is 14.6. The Kier molecular flexibility index (Phi) is 5.59. The van der Waals surface area contributed by atoms with Crippen LogP contribution in [0.2, 0.25) is 0 Å². The van der Waals surface area contributed by atoms with Crippen LogP contribution in [0.4, 0.5) is 4.79 Å². The lowest BCUT2D eigenvalue weighted by atomic mass is 9.96. The first kappa shape index (κ1) is 17.4. The molecule has 2 fully saturated rings. The highest BCUT2D eigenvalue weighted by Crippen LogP contribution is 2.25. The summed E-state index contributed by atoms with van der Waals surface area (Å²) in [5.41, 5.74) is -0.452. The normalized spacial score (nSPS) is 24.0. The topological polar surface area (TPSA) is 49.9 Å². The predicted molar refractivity (Wildman–Crippen MR) is 85.9 cm³/mol. The van der Waals surface area contributed by atoms with Gasteiger partial charge in [0.05, 0.1) is 0 Å². The van der Waals surface area contributed by atoms with Crippen LogP contribution in [0, 0.1) is 11.8 Å². The molecular weight excluding hydrogens is 304 g/mol. The molecule has 2 rings (SSSR count). The summed E-state index contributed by atoms with van der Waals surface area (Å²) in [7, 11) is 0. The van der Waals surface area contributed by atoms with Gasteiger partial charge in [-0.2, -0.15) is 0 Å². The van der Waals surface area contributed by atoms with Crippen molar-refractivity contribution >= 4 is 23.6 Å². The highest BCUT2D eigenvalue weighted by molar-refractivity contribution is 6.18. The van der Waals surface area contributed by atoms with Gasteiger partial charge in [0.1, 0.15) is 5.60 Å². The molecule has 2 aliphatic heterocycles. The molecule has 1 unspecified atom stereocenters. The van der Waals surface area contributed by atoms with E-state index in [1.54, 1.807) is 4.90 Å². The van der Waals surface area contributed by atoms with Crippen LogP contribution in [0.15, 0.2) is 0 Å². The van der Waals surface area contributed by atoms with E-state index in [0.717, 1.165) is 25.9 Å². The van der Waals surface area contributed by atoms with E-state index >= 15 is 0 Å². The van der Waals surface area contributed by atoms with E-state index in [-0.39, 0.29) is 12.0 Å². The van der Waals surface area contributed by atoms with Gasteiger partial charge in [-0.15, -0.1) is 11.6 Å². The Morgan fingerprint density at radius 3 is 2.41 bits per heavy atom. The number of carbonyl (C=O) groups is 2. The highest BCUT2D eigenvalue weighted by atomic mass is 35.5. The molecule has 6 heteroatoms. The number of alkyl halides is 1. The van der Waals surface area contributed by atoms with Crippen molar-refractivity contribution in [1.29, 1.82) is 0 Å². The molecule has 0 spiro atoms. The lowest BCUT2D eigenvalue weighted by Crippen LogP contribution is -2.44. The van der Waals surface area contributed by atoms with Crippen molar-refractivity contribution < 1.29 is 14.3 Å². The second-order valence-electron chi connectivity index (χ2n) is 7.43. The van der Waals surface area contributed by atoms with E-state index in [4.69, 9.17) is 16.3 Å². The Balaban J connectivity index is 1.76. The molecule has 0 aromatic heterocycles.